The predicted octanol–water partition coefficient (Wildman–Crippen LogP) is 4.95. The molecular weight excluding hydrogens is 794 g/mol. The van der Waals surface area contributed by atoms with Crippen LogP contribution in [0.1, 0.15) is 53.1 Å². The van der Waals surface area contributed by atoms with E-state index < -0.39 is 43.7 Å². The van der Waals surface area contributed by atoms with Gasteiger partial charge in [0.25, 0.3) is 0 Å². The van der Waals surface area contributed by atoms with Gasteiger partial charge in [0.1, 0.15) is 0 Å². The highest BCUT2D eigenvalue weighted by Gasteiger charge is 2.34. The van der Waals surface area contributed by atoms with Gasteiger partial charge in [-0.15, -0.1) is 0 Å². The number of nitrogens with one attached hydrogen (secondary N) is 1. The zero-order valence-corrected chi connectivity index (χ0v) is 32.5. The van der Waals surface area contributed by atoms with E-state index in [9.17, 15) is 61.1 Å². The van der Waals surface area contributed by atoms with Crippen LogP contribution in [0.2, 0.25) is 0 Å². The predicted molar refractivity (Wildman–Crippen MR) is 217 cm³/mol. The van der Waals surface area contributed by atoms with Gasteiger partial charge >= 0.3 is 32.6 Å². The van der Waals surface area contributed by atoms with Gasteiger partial charge in [0, 0.05) is 51.4 Å². The Morgan fingerprint density at radius 1 is 0.650 bits per heavy atom. The van der Waals surface area contributed by atoms with Gasteiger partial charge in [-0.05, 0) is 80.2 Å². The maximum Gasteiger partial charge on any atom is 0.488 e. The van der Waals surface area contributed by atoms with E-state index in [0.717, 1.165) is 42.0 Å². The third-order valence-corrected chi connectivity index (χ3v) is 10.2. The van der Waals surface area contributed by atoms with Crippen molar-refractivity contribution in [2.24, 2.45) is 0 Å². The Bertz CT molecular complexity index is 2300. The third kappa shape index (κ3) is 11.5. The molecule has 1 amide bonds. The fourth-order valence-electron chi connectivity index (χ4n) is 7.26. The second kappa shape index (κ2) is 19.4. The lowest BCUT2D eigenvalue weighted by atomic mass is 9.76. The fourth-order valence-corrected chi connectivity index (χ4v) is 7.26. The largest absolute Gasteiger partial charge is 0.488 e. The molecule has 60 heavy (non-hydrogen) atoms. The van der Waals surface area contributed by atoms with Crippen molar-refractivity contribution in [1.29, 1.82) is 0 Å². The summed E-state index contributed by atoms with van der Waals surface area (Å²) in [5, 5.41) is 55.6. The lowest BCUT2D eigenvalue weighted by Crippen LogP contribution is -2.37. The van der Waals surface area contributed by atoms with Gasteiger partial charge in [-0.2, -0.15) is 26.3 Å². The molecule has 18 heteroatoms. The van der Waals surface area contributed by atoms with Crippen molar-refractivity contribution < 1.29 is 61.1 Å². The summed E-state index contributed by atoms with van der Waals surface area (Å²) < 4.78 is 83.1. The van der Waals surface area contributed by atoms with Crippen LogP contribution >= 0.6 is 0 Å². The summed E-state index contributed by atoms with van der Waals surface area (Å²) in [5.41, 5.74) is -0.612. The van der Waals surface area contributed by atoms with E-state index in [1.165, 1.54) is 0 Å². The SMILES string of the molecule is C=C(C)C(=O)NCCCN(Cc1cc(C(F)(F)F)ccc1B(O)O)Cc1c2ccccc2c(CN(CCC(=O)O)Cc2cc(C(F)(F)F)ccc2B(O)O)c2ccccc12. The molecule has 0 heterocycles. The van der Waals surface area contributed by atoms with Crippen LogP contribution < -0.4 is 16.2 Å². The van der Waals surface area contributed by atoms with E-state index in [-0.39, 0.29) is 80.2 Å². The minimum absolute atomic E-state index is 0.0138. The van der Waals surface area contributed by atoms with Crippen LogP contribution in [-0.4, -0.2) is 80.7 Å². The Kier molecular flexibility index (Phi) is 14.9. The Labute approximate surface area is 342 Å². The number of rotatable bonds is 18. The van der Waals surface area contributed by atoms with Crippen LogP contribution in [-0.2, 0) is 48.1 Å². The zero-order valence-electron chi connectivity index (χ0n) is 32.5. The molecule has 0 aromatic heterocycles. The fraction of sp³-hybridized carbons (Fsp3) is 0.286. The molecule has 5 rings (SSSR count). The molecule has 0 fully saturated rings. The van der Waals surface area contributed by atoms with Crippen LogP contribution in [0.5, 0.6) is 0 Å². The Hall–Kier alpha value is -5.23. The number of fused-ring (bicyclic) bond motifs is 2. The maximum absolute atomic E-state index is 13.9. The first-order valence-electron chi connectivity index (χ1n) is 18.9. The number of carbonyl (C=O) groups excluding carboxylic acids is 1. The number of nitrogens with zero attached hydrogens (tertiary/aromatic N) is 2. The highest BCUT2D eigenvalue weighted by Crippen LogP contribution is 2.36. The minimum atomic E-state index is -4.74. The van der Waals surface area contributed by atoms with Crippen molar-refractivity contribution in [2.75, 3.05) is 19.6 Å². The molecular formula is C42H43B2F6N3O7. The quantitative estimate of drug-likeness (QED) is 0.0237. The first-order valence-corrected chi connectivity index (χ1v) is 18.9. The van der Waals surface area contributed by atoms with Gasteiger partial charge in [-0.25, -0.2) is 0 Å². The first kappa shape index (κ1) is 45.8. The maximum atomic E-state index is 13.9. The summed E-state index contributed by atoms with van der Waals surface area (Å²) >= 11 is 0. The number of hydrogen-bond donors (Lipinski definition) is 6. The standard InChI is InChI=1S/C42H43B2F6N3O7/c1-26(2)40(56)51-17-7-18-52(22-27-20-29(41(45,46)47)12-14-37(27)43(57)58)24-35-31-8-3-5-10-33(31)36(34-11-6-4-9-32(34)35)25-53(19-16-39(54)55)23-28-21-30(42(48,49)50)13-15-38(28)44(59)60/h3-6,8-15,20-21,57-60H,1,7,16-19,22-25H2,2H3,(H,51,56)(H,54,55). The number of hydrogen-bond acceptors (Lipinski definition) is 8. The lowest BCUT2D eigenvalue weighted by molar-refractivity contribution is -0.138. The Morgan fingerprint density at radius 3 is 1.40 bits per heavy atom. The molecule has 5 aromatic carbocycles. The second-order valence-corrected chi connectivity index (χ2v) is 14.6. The number of amides is 1. The first-order chi connectivity index (χ1) is 28.2. The van der Waals surface area contributed by atoms with Crippen LogP contribution in [0.15, 0.2) is 97.1 Å². The molecule has 0 aliphatic carbocycles. The molecule has 6 N–H and O–H groups in total. The minimum Gasteiger partial charge on any atom is -0.481 e. The van der Waals surface area contributed by atoms with Crippen LogP contribution in [0.3, 0.4) is 0 Å². The van der Waals surface area contributed by atoms with Gasteiger partial charge in [-0.1, -0.05) is 79.4 Å². The van der Waals surface area contributed by atoms with Crippen molar-refractivity contribution in [3.63, 3.8) is 0 Å². The van der Waals surface area contributed by atoms with Gasteiger partial charge in [0.05, 0.1) is 17.5 Å². The molecule has 0 aliphatic heterocycles. The number of aliphatic carboxylic acids is 1. The van der Waals surface area contributed by atoms with Gasteiger partial charge in [0.2, 0.25) is 5.91 Å². The van der Waals surface area contributed by atoms with Gasteiger partial charge in [-0.3, -0.25) is 19.4 Å². The van der Waals surface area contributed by atoms with E-state index >= 15 is 0 Å². The monoisotopic (exact) mass is 837 g/mol. The van der Waals surface area contributed by atoms with E-state index in [4.69, 9.17) is 0 Å². The molecule has 0 bridgehead atoms. The van der Waals surface area contributed by atoms with Crippen molar-refractivity contribution in [1.82, 2.24) is 15.1 Å². The van der Waals surface area contributed by atoms with Gasteiger partial charge in [0.15, 0.2) is 0 Å². The molecule has 0 unspecified atom stereocenters. The number of carbonyl (C=O) groups is 2. The Balaban J connectivity index is 1.61. The molecule has 0 atom stereocenters. The summed E-state index contributed by atoms with van der Waals surface area (Å²) in [5.74, 6) is -1.53. The van der Waals surface area contributed by atoms with E-state index in [2.05, 4.69) is 11.9 Å². The molecule has 0 saturated carbocycles. The lowest BCUT2D eigenvalue weighted by Gasteiger charge is -2.28. The summed E-state index contributed by atoms with van der Waals surface area (Å²) in [6.07, 6.45) is -9.49. The third-order valence-electron chi connectivity index (χ3n) is 10.2. The molecule has 0 radical (unpaired) electrons. The van der Waals surface area contributed by atoms with Crippen molar-refractivity contribution in [3.05, 3.63) is 130 Å². The van der Waals surface area contributed by atoms with E-state index in [0.29, 0.717) is 39.1 Å². The summed E-state index contributed by atoms with van der Waals surface area (Å²) in [6, 6.07) is 19.7. The molecule has 0 spiro atoms. The van der Waals surface area contributed by atoms with Gasteiger partial charge < -0.3 is 30.5 Å². The van der Waals surface area contributed by atoms with Crippen LogP contribution in [0, 0.1) is 0 Å². The number of alkyl halides is 6. The highest BCUT2D eigenvalue weighted by atomic mass is 19.4. The topological polar surface area (TPSA) is 154 Å². The average Bonchev–Trinajstić information content (AvgIpc) is 3.18. The summed E-state index contributed by atoms with van der Waals surface area (Å²) in [7, 11) is -4.18. The smallest absolute Gasteiger partial charge is 0.481 e. The molecule has 5 aromatic rings. The number of benzene rings is 5. The molecule has 10 nitrogen and oxygen atoms in total. The number of carboxylic acid groups (broad SMARTS) is 1. The van der Waals surface area contributed by atoms with E-state index in [1.54, 1.807) is 36.1 Å². The normalized spacial score (nSPS) is 12.1. The molecule has 0 aliphatic rings. The highest BCUT2D eigenvalue weighted by molar-refractivity contribution is 6.59. The Morgan fingerprint density at radius 2 is 1.05 bits per heavy atom. The molecule has 316 valence electrons. The zero-order chi connectivity index (χ0) is 43.9. The van der Waals surface area contributed by atoms with Crippen LogP contribution in [0.25, 0.3) is 21.5 Å². The number of carboxylic acids is 1. The van der Waals surface area contributed by atoms with Crippen LogP contribution in [0.4, 0.5) is 26.3 Å². The van der Waals surface area contributed by atoms with Crippen molar-refractivity contribution >= 4 is 58.6 Å². The van der Waals surface area contributed by atoms with E-state index in [1.807, 2.05) is 29.2 Å². The second-order valence-electron chi connectivity index (χ2n) is 14.6. The average molecular weight is 837 g/mol. The van der Waals surface area contributed by atoms with Crippen molar-refractivity contribution in [3.8, 4) is 0 Å². The summed E-state index contributed by atoms with van der Waals surface area (Å²) in [6.45, 7) is 5.19. The summed E-state index contributed by atoms with van der Waals surface area (Å²) in [4.78, 5) is 27.4. The van der Waals surface area contributed by atoms with Crippen molar-refractivity contribution in [2.45, 2.75) is 58.3 Å². The molecule has 0 saturated heterocycles. The number of halogens is 6.